The highest BCUT2D eigenvalue weighted by Gasteiger charge is 2.41. The van der Waals surface area contributed by atoms with E-state index in [-0.39, 0.29) is 11.6 Å². The van der Waals surface area contributed by atoms with Crippen molar-refractivity contribution in [3.63, 3.8) is 0 Å². The molecule has 0 radical (unpaired) electrons. The molecule has 1 aliphatic rings. The van der Waals surface area contributed by atoms with Gasteiger partial charge in [-0.25, -0.2) is 0 Å². The summed E-state index contributed by atoms with van der Waals surface area (Å²) in [6.07, 6.45) is 0. The Bertz CT molecular complexity index is 657. The normalized spacial score (nSPS) is 19.3. The fourth-order valence-electron chi connectivity index (χ4n) is 2.55. The van der Waals surface area contributed by atoms with E-state index in [0.29, 0.717) is 5.02 Å². The molecule has 0 aliphatic carbocycles. The Labute approximate surface area is 132 Å². The second-order valence-electron chi connectivity index (χ2n) is 5.42. The number of para-hydroxylation sites is 1. The maximum absolute atomic E-state index is 6.15. The van der Waals surface area contributed by atoms with E-state index in [1.807, 2.05) is 36.4 Å². The number of hydrogen-bond donors (Lipinski definition) is 1. The third kappa shape index (κ3) is 2.29. The lowest BCUT2D eigenvalue weighted by atomic mass is 9.94. The van der Waals surface area contributed by atoms with Gasteiger partial charge in [0.15, 0.2) is 0 Å². The highest BCUT2D eigenvalue weighted by Crippen LogP contribution is 2.45. The summed E-state index contributed by atoms with van der Waals surface area (Å²) < 4.78 is 6.92. The summed E-state index contributed by atoms with van der Waals surface area (Å²) in [4.78, 5) is 0. The predicted molar refractivity (Wildman–Crippen MR) is 86.7 cm³/mol. The quantitative estimate of drug-likeness (QED) is 0.778. The summed E-state index contributed by atoms with van der Waals surface area (Å²) in [5.74, 6) is 0.938. The van der Waals surface area contributed by atoms with Gasteiger partial charge in [-0.1, -0.05) is 35.9 Å². The zero-order valence-electron chi connectivity index (χ0n) is 11.3. The van der Waals surface area contributed by atoms with Crippen LogP contribution in [0.2, 0.25) is 5.02 Å². The largest absolute Gasteiger partial charge is 0.485 e. The Balaban J connectivity index is 1.99. The lowest BCUT2D eigenvalue weighted by molar-refractivity contribution is 0.118. The van der Waals surface area contributed by atoms with Crippen LogP contribution >= 0.6 is 27.5 Å². The maximum atomic E-state index is 6.15. The summed E-state index contributed by atoms with van der Waals surface area (Å²) in [5.41, 5.74) is 1.83. The minimum Gasteiger partial charge on any atom is -0.485 e. The van der Waals surface area contributed by atoms with E-state index in [0.717, 1.165) is 15.9 Å². The number of nitrogens with one attached hydrogen (secondary N) is 1. The first-order valence-corrected chi connectivity index (χ1v) is 7.64. The molecule has 1 heterocycles. The molecule has 1 aliphatic heterocycles. The van der Waals surface area contributed by atoms with Gasteiger partial charge in [0.2, 0.25) is 0 Å². The highest BCUT2D eigenvalue weighted by molar-refractivity contribution is 9.10. The lowest BCUT2D eigenvalue weighted by Gasteiger charge is -2.28. The van der Waals surface area contributed by atoms with E-state index >= 15 is 0 Å². The van der Waals surface area contributed by atoms with Gasteiger partial charge in [0.25, 0.3) is 0 Å². The van der Waals surface area contributed by atoms with Crippen LogP contribution in [-0.4, -0.2) is 5.60 Å². The summed E-state index contributed by atoms with van der Waals surface area (Å²) in [6, 6.07) is 14.0. The average Bonchev–Trinajstić information content (AvgIpc) is 2.66. The fraction of sp³-hybridized carbons (Fsp3) is 0.250. The van der Waals surface area contributed by atoms with Gasteiger partial charge in [-0.05, 0) is 48.0 Å². The van der Waals surface area contributed by atoms with Crippen molar-refractivity contribution in [1.82, 2.24) is 0 Å². The monoisotopic (exact) mass is 351 g/mol. The number of benzene rings is 2. The first kappa shape index (κ1) is 13.8. The van der Waals surface area contributed by atoms with E-state index in [4.69, 9.17) is 16.3 Å². The average molecular weight is 353 g/mol. The van der Waals surface area contributed by atoms with Crippen molar-refractivity contribution < 1.29 is 4.74 Å². The second kappa shape index (κ2) is 4.97. The van der Waals surface area contributed by atoms with E-state index in [1.54, 1.807) is 0 Å². The van der Waals surface area contributed by atoms with Crippen molar-refractivity contribution >= 4 is 33.2 Å². The van der Waals surface area contributed by atoms with Gasteiger partial charge in [-0.3, -0.25) is 0 Å². The SMILES string of the molecule is CC1(C)Oc2ccccc2C1Nc1cccc(Cl)c1Br. The first-order valence-electron chi connectivity index (χ1n) is 6.47. The Morgan fingerprint density at radius 2 is 1.90 bits per heavy atom. The van der Waals surface area contributed by atoms with Gasteiger partial charge < -0.3 is 10.1 Å². The van der Waals surface area contributed by atoms with Crippen LogP contribution in [0.3, 0.4) is 0 Å². The zero-order chi connectivity index (χ0) is 14.3. The van der Waals surface area contributed by atoms with E-state index in [1.165, 1.54) is 5.56 Å². The molecule has 104 valence electrons. The molecule has 1 N–H and O–H groups in total. The minimum absolute atomic E-state index is 0.0773. The van der Waals surface area contributed by atoms with Crippen LogP contribution in [0, 0.1) is 0 Å². The maximum Gasteiger partial charge on any atom is 0.128 e. The number of ether oxygens (including phenoxy) is 1. The molecule has 0 spiro atoms. The van der Waals surface area contributed by atoms with Crippen molar-refractivity contribution in [3.8, 4) is 5.75 Å². The molecule has 4 heteroatoms. The van der Waals surface area contributed by atoms with Crippen LogP contribution in [0.25, 0.3) is 0 Å². The van der Waals surface area contributed by atoms with Crippen molar-refractivity contribution in [2.24, 2.45) is 0 Å². The number of fused-ring (bicyclic) bond motifs is 1. The van der Waals surface area contributed by atoms with Crippen LogP contribution < -0.4 is 10.1 Å². The smallest absolute Gasteiger partial charge is 0.128 e. The second-order valence-corrected chi connectivity index (χ2v) is 6.62. The predicted octanol–water partition coefficient (Wildman–Crippen LogP) is 5.43. The Morgan fingerprint density at radius 1 is 1.15 bits per heavy atom. The molecular weight excluding hydrogens is 338 g/mol. The Morgan fingerprint density at radius 3 is 2.70 bits per heavy atom. The standard InChI is InChI=1S/C16H15BrClNO/c1-16(2)15(10-6-3-4-9-13(10)20-16)19-12-8-5-7-11(18)14(12)17/h3-9,15,19H,1-2H3. The van der Waals surface area contributed by atoms with Gasteiger partial charge in [0.05, 0.1) is 21.2 Å². The van der Waals surface area contributed by atoms with Crippen LogP contribution in [-0.2, 0) is 0 Å². The molecule has 0 saturated heterocycles. The van der Waals surface area contributed by atoms with Crippen molar-refractivity contribution in [2.45, 2.75) is 25.5 Å². The van der Waals surface area contributed by atoms with Gasteiger partial charge in [-0.15, -0.1) is 0 Å². The van der Waals surface area contributed by atoms with Crippen LogP contribution in [0.4, 0.5) is 5.69 Å². The van der Waals surface area contributed by atoms with Crippen molar-refractivity contribution in [3.05, 3.63) is 57.5 Å². The third-order valence-corrected chi connectivity index (χ3v) is 4.95. The number of anilines is 1. The van der Waals surface area contributed by atoms with Gasteiger partial charge in [0.1, 0.15) is 11.4 Å². The zero-order valence-corrected chi connectivity index (χ0v) is 13.6. The fourth-order valence-corrected chi connectivity index (χ4v) is 3.10. The Hall–Kier alpha value is -1.19. The molecule has 0 fully saturated rings. The number of rotatable bonds is 2. The molecular formula is C16H15BrClNO. The van der Waals surface area contributed by atoms with Crippen LogP contribution in [0.15, 0.2) is 46.9 Å². The van der Waals surface area contributed by atoms with Crippen molar-refractivity contribution in [2.75, 3.05) is 5.32 Å². The van der Waals surface area contributed by atoms with E-state index in [2.05, 4.69) is 41.2 Å². The Kier molecular flexibility index (Phi) is 3.43. The molecule has 0 bridgehead atoms. The first-order chi connectivity index (χ1) is 9.49. The van der Waals surface area contributed by atoms with E-state index in [9.17, 15) is 0 Å². The van der Waals surface area contributed by atoms with Gasteiger partial charge in [0, 0.05) is 5.56 Å². The van der Waals surface area contributed by atoms with Crippen LogP contribution in [0.5, 0.6) is 5.75 Å². The molecule has 0 amide bonds. The molecule has 1 atom stereocenters. The molecule has 3 rings (SSSR count). The molecule has 0 saturated carbocycles. The lowest BCUT2D eigenvalue weighted by Crippen LogP contribution is -2.34. The summed E-state index contributed by atoms with van der Waals surface area (Å²) in [5, 5.41) is 4.23. The summed E-state index contributed by atoms with van der Waals surface area (Å²) >= 11 is 9.68. The minimum atomic E-state index is -0.314. The molecule has 0 aromatic heterocycles. The third-order valence-electron chi connectivity index (χ3n) is 3.55. The molecule has 2 nitrogen and oxygen atoms in total. The highest BCUT2D eigenvalue weighted by atomic mass is 79.9. The molecule has 1 unspecified atom stereocenters. The van der Waals surface area contributed by atoms with Gasteiger partial charge in [-0.2, -0.15) is 0 Å². The van der Waals surface area contributed by atoms with Crippen LogP contribution in [0.1, 0.15) is 25.5 Å². The topological polar surface area (TPSA) is 21.3 Å². The molecule has 2 aromatic rings. The summed E-state index contributed by atoms with van der Waals surface area (Å²) in [6.45, 7) is 4.17. The number of hydrogen-bond acceptors (Lipinski definition) is 2. The molecule has 20 heavy (non-hydrogen) atoms. The number of halogens is 2. The van der Waals surface area contributed by atoms with Gasteiger partial charge >= 0.3 is 0 Å². The van der Waals surface area contributed by atoms with E-state index < -0.39 is 0 Å². The molecule has 2 aromatic carbocycles. The van der Waals surface area contributed by atoms with Crippen molar-refractivity contribution in [1.29, 1.82) is 0 Å². The summed E-state index contributed by atoms with van der Waals surface area (Å²) in [7, 11) is 0.